The van der Waals surface area contributed by atoms with Crippen molar-refractivity contribution in [3.8, 4) is 11.1 Å². The molecule has 0 atom stereocenters. The minimum atomic E-state index is -0.459. The topological polar surface area (TPSA) is 92.3 Å². The Bertz CT molecular complexity index is 1070. The predicted octanol–water partition coefficient (Wildman–Crippen LogP) is 2.72. The maximum Gasteiger partial charge on any atom is 0.246 e. The van der Waals surface area contributed by atoms with Crippen LogP contribution in [0, 0.1) is 0 Å². The summed E-state index contributed by atoms with van der Waals surface area (Å²) in [6.07, 6.45) is 2.70. The van der Waals surface area contributed by atoms with Gasteiger partial charge in [-0.25, -0.2) is 9.97 Å². The first-order valence-electron chi connectivity index (χ1n) is 9.12. The van der Waals surface area contributed by atoms with E-state index in [9.17, 15) is 14.4 Å². The van der Waals surface area contributed by atoms with Gasteiger partial charge in [0.1, 0.15) is 16.2 Å². The number of thiophene rings is 1. The van der Waals surface area contributed by atoms with E-state index in [2.05, 4.69) is 15.3 Å². The molecule has 148 valence electrons. The first kappa shape index (κ1) is 19.5. The third-order valence-corrected chi connectivity index (χ3v) is 6.42. The first-order valence-corrected chi connectivity index (χ1v) is 11.0. The van der Waals surface area contributed by atoms with E-state index in [-0.39, 0.29) is 18.2 Å². The molecule has 7 nitrogen and oxygen atoms in total. The lowest BCUT2D eigenvalue weighted by atomic mass is 10.1. The number of rotatable bonds is 6. The predicted molar refractivity (Wildman–Crippen MR) is 113 cm³/mol. The summed E-state index contributed by atoms with van der Waals surface area (Å²) in [5.74, 6) is -0.860. The molecule has 4 rings (SSSR count). The number of imide groups is 1. The Morgan fingerprint density at radius 3 is 2.76 bits per heavy atom. The number of amides is 3. The van der Waals surface area contributed by atoms with E-state index in [1.165, 1.54) is 34.3 Å². The van der Waals surface area contributed by atoms with Gasteiger partial charge in [0.05, 0.1) is 17.7 Å². The maximum absolute atomic E-state index is 12.2. The van der Waals surface area contributed by atoms with Crippen LogP contribution in [0.3, 0.4) is 0 Å². The molecule has 0 aliphatic carbocycles. The highest BCUT2D eigenvalue weighted by Gasteiger charge is 2.23. The number of thioether (sulfide) groups is 1. The number of hydrogen-bond acceptors (Lipinski definition) is 7. The average Bonchev–Trinajstić information content (AvgIpc) is 3.33. The third-order valence-electron chi connectivity index (χ3n) is 4.54. The second-order valence-corrected chi connectivity index (χ2v) is 8.38. The Kier molecular flexibility index (Phi) is 5.86. The Balaban J connectivity index is 1.43. The van der Waals surface area contributed by atoms with Crippen molar-refractivity contribution in [2.45, 2.75) is 17.9 Å². The van der Waals surface area contributed by atoms with Gasteiger partial charge in [0, 0.05) is 23.9 Å². The molecule has 3 amide bonds. The van der Waals surface area contributed by atoms with Crippen molar-refractivity contribution in [1.82, 2.24) is 20.2 Å². The number of fused-ring (bicyclic) bond motifs is 1. The van der Waals surface area contributed by atoms with E-state index in [4.69, 9.17) is 0 Å². The number of nitrogens with one attached hydrogen (secondary N) is 1. The van der Waals surface area contributed by atoms with E-state index >= 15 is 0 Å². The van der Waals surface area contributed by atoms with Crippen molar-refractivity contribution < 1.29 is 14.4 Å². The number of likely N-dealkylation sites (tertiary alicyclic amines) is 1. The molecule has 29 heavy (non-hydrogen) atoms. The SMILES string of the molecule is O=C(CSc1ncnc2scc(-c3ccccc3)c12)NC(=O)CN1CCCC1=O. The molecule has 1 saturated heterocycles. The van der Waals surface area contributed by atoms with Crippen molar-refractivity contribution >= 4 is 51.0 Å². The summed E-state index contributed by atoms with van der Waals surface area (Å²) in [5.41, 5.74) is 2.09. The van der Waals surface area contributed by atoms with E-state index in [0.717, 1.165) is 27.8 Å². The largest absolute Gasteiger partial charge is 0.333 e. The van der Waals surface area contributed by atoms with Crippen molar-refractivity contribution in [1.29, 1.82) is 0 Å². The molecule has 1 aromatic carbocycles. The molecule has 3 aromatic rings. The molecule has 0 spiro atoms. The highest BCUT2D eigenvalue weighted by atomic mass is 32.2. The van der Waals surface area contributed by atoms with E-state index in [0.29, 0.717) is 18.0 Å². The lowest BCUT2D eigenvalue weighted by Gasteiger charge is -2.14. The standard InChI is InChI=1S/C20H18N4O3S2/c25-15(9-24-8-4-7-17(24)27)23-16(26)11-29-20-18-14(13-5-2-1-3-6-13)10-28-19(18)21-12-22-20/h1-3,5-6,10,12H,4,7-9,11H2,(H,23,25,26). The van der Waals surface area contributed by atoms with Gasteiger partial charge in [-0.05, 0) is 12.0 Å². The molecule has 1 N–H and O–H groups in total. The van der Waals surface area contributed by atoms with Crippen LogP contribution in [0.4, 0.5) is 0 Å². The average molecular weight is 427 g/mol. The zero-order chi connectivity index (χ0) is 20.2. The van der Waals surface area contributed by atoms with Gasteiger partial charge < -0.3 is 4.90 Å². The molecule has 0 unspecified atom stereocenters. The van der Waals surface area contributed by atoms with E-state index in [1.54, 1.807) is 0 Å². The smallest absolute Gasteiger partial charge is 0.246 e. The Morgan fingerprint density at radius 1 is 1.17 bits per heavy atom. The summed E-state index contributed by atoms with van der Waals surface area (Å²) < 4.78 is 0. The quantitative estimate of drug-likeness (QED) is 0.481. The van der Waals surface area contributed by atoms with Crippen LogP contribution in [0.25, 0.3) is 21.3 Å². The molecule has 2 aromatic heterocycles. The normalized spacial score (nSPS) is 13.8. The van der Waals surface area contributed by atoms with Crippen LogP contribution in [-0.2, 0) is 14.4 Å². The molecule has 1 aliphatic rings. The fourth-order valence-corrected chi connectivity index (χ4v) is 4.99. The Labute approximate surface area is 175 Å². The van der Waals surface area contributed by atoms with Gasteiger partial charge in [-0.3, -0.25) is 19.7 Å². The lowest BCUT2D eigenvalue weighted by molar-refractivity contribution is -0.135. The Hall–Kier alpha value is -2.78. The van der Waals surface area contributed by atoms with Crippen molar-refractivity contribution in [3.63, 3.8) is 0 Å². The molecule has 1 aliphatic heterocycles. The summed E-state index contributed by atoms with van der Waals surface area (Å²) in [6, 6.07) is 9.95. The molecule has 0 saturated carbocycles. The molecule has 0 radical (unpaired) electrons. The van der Waals surface area contributed by atoms with Gasteiger partial charge in [-0.15, -0.1) is 11.3 Å². The molecular weight excluding hydrogens is 408 g/mol. The highest BCUT2D eigenvalue weighted by Crippen LogP contribution is 2.37. The number of benzene rings is 1. The molecule has 0 bridgehead atoms. The van der Waals surface area contributed by atoms with Crippen LogP contribution < -0.4 is 5.32 Å². The maximum atomic E-state index is 12.2. The van der Waals surface area contributed by atoms with Gasteiger partial charge in [0.15, 0.2) is 0 Å². The summed E-state index contributed by atoms with van der Waals surface area (Å²) in [5, 5.41) is 6.00. The van der Waals surface area contributed by atoms with Crippen LogP contribution in [0.15, 0.2) is 47.1 Å². The minimum Gasteiger partial charge on any atom is -0.333 e. The zero-order valence-corrected chi connectivity index (χ0v) is 17.1. The lowest BCUT2D eigenvalue weighted by Crippen LogP contribution is -2.41. The van der Waals surface area contributed by atoms with Crippen LogP contribution in [0.2, 0.25) is 0 Å². The first-order chi connectivity index (χ1) is 14.1. The second kappa shape index (κ2) is 8.71. The number of carbonyl (C=O) groups is 3. The minimum absolute atomic E-state index is 0.0451. The summed E-state index contributed by atoms with van der Waals surface area (Å²) in [7, 11) is 0. The fourth-order valence-electron chi connectivity index (χ4n) is 3.20. The molecule has 1 fully saturated rings. The second-order valence-electron chi connectivity index (χ2n) is 6.55. The van der Waals surface area contributed by atoms with Gasteiger partial charge in [0.2, 0.25) is 17.7 Å². The van der Waals surface area contributed by atoms with Crippen LogP contribution in [0.5, 0.6) is 0 Å². The van der Waals surface area contributed by atoms with E-state index < -0.39 is 11.8 Å². The summed E-state index contributed by atoms with van der Waals surface area (Å²) in [4.78, 5) is 46.8. The van der Waals surface area contributed by atoms with Crippen LogP contribution in [-0.4, -0.2) is 51.4 Å². The third kappa shape index (κ3) is 4.46. The van der Waals surface area contributed by atoms with Crippen molar-refractivity contribution in [2.75, 3.05) is 18.8 Å². The number of carbonyl (C=O) groups excluding carboxylic acids is 3. The fraction of sp³-hybridized carbons (Fsp3) is 0.250. The van der Waals surface area contributed by atoms with Gasteiger partial charge in [-0.2, -0.15) is 0 Å². The Morgan fingerprint density at radius 2 is 2.00 bits per heavy atom. The van der Waals surface area contributed by atoms with Gasteiger partial charge in [-0.1, -0.05) is 42.1 Å². The van der Waals surface area contributed by atoms with Crippen LogP contribution >= 0.6 is 23.1 Å². The molecule has 3 heterocycles. The summed E-state index contributed by atoms with van der Waals surface area (Å²) in [6.45, 7) is 0.490. The number of aromatic nitrogens is 2. The van der Waals surface area contributed by atoms with Gasteiger partial charge >= 0.3 is 0 Å². The monoisotopic (exact) mass is 426 g/mol. The van der Waals surface area contributed by atoms with Gasteiger partial charge in [0.25, 0.3) is 0 Å². The zero-order valence-electron chi connectivity index (χ0n) is 15.5. The molecular formula is C20H18N4O3S2. The van der Waals surface area contributed by atoms with E-state index in [1.807, 2.05) is 35.7 Å². The number of nitrogens with zero attached hydrogens (tertiary/aromatic N) is 3. The summed E-state index contributed by atoms with van der Waals surface area (Å²) >= 11 is 2.80. The number of hydrogen-bond donors (Lipinski definition) is 1. The van der Waals surface area contributed by atoms with Crippen molar-refractivity contribution in [3.05, 3.63) is 42.0 Å². The molecule has 9 heteroatoms. The highest BCUT2D eigenvalue weighted by molar-refractivity contribution is 8.00. The van der Waals surface area contributed by atoms with Crippen LogP contribution in [0.1, 0.15) is 12.8 Å². The van der Waals surface area contributed by atoms with Crippen molar-refractivity contribution in [2.24, 2.45) is 0 Å².